The Morgan fingerprint density at radius 3 is 2.05 bits per heavy atom. The summed E-state index contributed by atoms with van der Waals surface area (Å²) in [6.45, 7) is 8.23. The smallest absolute Gasteiger partial charge is 0.167 e. The predicted octanol–water partition coefficient (Wildman–Crippen LogP) is 4.19. The van der Waals surface area contributed by atoms with Crippen molar-refractivity contribution in [1.82, 2.24) is 0 Å². The fourth-order valence-corrected chi connectivity index (χ4v) is 3.37. The molecule has 0 aromatic heterocycles. The Hall–Kier alpha value is -1.64. The number of rotatable bonds is 4. The number of methoxy groups -OCH3 is 3. The van der Waals surface area contributed by atoms with Crippen molar-refractivity contribution in [1.29, 1.82) is 0 Å². The van der Waals surface area contributed by atoms with Gasteiger partial charge < -0.3 is 14.2 Å². The molecule has 20 heavy (non-hydrogen) atoms. The van der Waals surface area contributed by atoms with Gasteiger partial charge in [-0.2, -0.15) is 0 Å². The summed E-state index contributed by atoms with van der Waals surface area (Å²) in [5, 5.41) is 0. The number of hydrogen-bond acceptors (Lipinski definition) is 3. The quantitative estimate of drug-likeness (QED) is 0.772. The lowest BCUT2D eigenvalue weighted by Gasteiger charge is -2.33. The number of hydrogen-bond donors (Lipinski definition) is 0. The molecule has 3 heteroatoms. The molecule has 1 aromatic carbocycles. The van der Waals surface area contributed by atoms with Gasteiger partial charge in [0.05, 0.1) is 21.3 Å². The van der Waals surface area contributed by atoms with Gasteiger partial charge in [0.2, 0.25) is 0 Å². The standard InChI is InChI=1S/C17H24O3/c1-7-12-9-8-10(2)13-14(12)15(18-4)11(3)16(19-5)17(13)20-6/h7,10,12H,1,8-9H2,2-6H3/t10-,12+/m0/s1. The van der Waals surface area contributed by atoms with Crippen molar-refractivity contribution in [3.63, 3.8) is 0 Å². The fraction of sp³-hybridized carbons (Fsp3) is 0.529. The first-order valence-corrected chi connectivity index (χ1v) is 7.05. The molecule has 0 fully saturated rings. The molecule has 1 aromatic rings. The largest absolute Gasteiger partial charge is 0.496 e. The van der Waals surface area contributed by atoms with E-state index in [0.717, 1.165) is 35.7 Å². The van der Waals surface area contributed by atoms with Gasteiger partial charge in [-0.1, -0.05) is 13.0 Å². The van der Waals surface area contributed by atoms with Gasteiger partial charge in [-0.05, 0) is 25.7 Å². The van der Waals surface area contributed by atoms with Crippen LogP contribution in [-0.4, -0.2) is 21.3 Å². The van der Waals surface area contributed by atoms with Crippen LogP contribution < -0.4 is 14.2 Å². The van der Waals surface area contributed by atoms with Crippen molar-refractivity contribution in [2.45, 2.75) is 38.5 Å². The van der Waals surface area contributed by atoms with Gasteiger partial charge in [0.15, 0.2) is 11.5 Å². The molecular weight excluding hydrogens is 252 g/mol. The molecule has 0 saturated heterocycles. The van der Waals surface area contributed by atoms with Crippen LogP contribution in [0.3, 0.4) is 0 Å². The third-order valence-electron chi connectivity index (χ3n) is 4.34. The van der Waals surface area contributed by atoms with Crippen molar-refractivity contribution < 1.29 is 14.2 Å². The Kier molecular flexibility index (Phi) is 4.26. The molecule has 110 valence electrons. The maximum absolute atomic E-state index is 5.68. The van der Waals surface area contributed by atoms with E-state index in [4.69, 9.17) is 14.2 Å². The SMILES string of the molecule is C=C[C@@H]1CC[C@H](C)c2c(OC)c(OC)c(C)c(OC)c21. The summed E-state index contributed by atoms with van der Waals surface area (Å²) in [6, 6.07) is 0. The summed E-state index contributed by atoms with van der Waals surface area (Å²) in [5.41, 5.74) is 3.42. The van der Waals surface area contributed by atoms with E-state index in [0.29, 0.717) is 11.8 Å². The van der Waals surface area contributed by atoms with Crippen LogP contribution in [0.2, 0.25) is 0 Å². The summed E-state index contributed by atoms with van der Waals surface area (Å²) in [7, 11) is 5.09. The Labute approximate surface area is 121 Å². The molecule has 0 radical (unpaired) electrons. The van der Waals surface area contributed by atoms with E-state index >= 15 is 0 Å². The molecule has 0 aliphatic heterocycles. The topological polar surface area (TPSA) is 27.7 Å². The van der Waals surface area contributed by atoms with E-state index in [1.54, 1.807) is 21.3 Å². The molecule has 1 aliphatic rings. The Balaban J connectivity index is 2.85. The monoisotopic (exact) mass is 276 g/mol. The zero-order valence-corrected chi connectivity index (χ0v) is 13.1. The highest BCUT2D eigenvalue weighted by Crippen LogP contribution is 2.53. The van der Waals surface area contributed by atoms with E-state index in [-0.39, 0.29) is 0 Å². The van der Waals surface area contributed by atoms with Crippen LogP contribution in [-0.2, 0) is 0 Å². The first kappa shape index (κ1) is 14.8. The molecule has 0 N–H and O–H groups in total. The van der Waals surface area contributed by atoms with Gasteiger partial charge in [0, 0.05) is 22.6 Å². The van der Waals surface area contributed by atoms with E-state index in [2.05, 4.69) is 13.5 Å². The summed E-state index contributed by atoms with van der Waals surface area (Å²) in [5.74, 6) is 3.28. The second-order valence-corrected chi connectivity index (χ2v) is 5.37. The van der Waals surface area contributed by atoms with E-state index in [1.807, 2.05) is 13.0 Å². The Bertz CT molecular complexity index is 520. The van der Waals surface area contributed by atoms with E-state index in [9.17, 15) is 0 Å². The van der Waals surface area contributed by atoms with Crippen LogP contribution in [0.15, 0.2) is 12.7 Å². The molecule has 2 atom stereocenters. The lowest BCUT2D eigenvalue weighted by Crippen LogP contribution is -2.16. The molecule has 0 saturated carbocycles. The Morgan fingerprint density at radius 1 is 0.950 bits per heavy atom. The van der Waals surface area contributed by atoms with Crippen LogP contribution in [0.5, 0.6) is 17.2 Å². The van der Waals surface area contributed by atoms with Crippen molar-refractivity contribution >= 4 is 0 Å². The summed E-state index contributed by atoms with van der Waals surface area (Å²) < 4.78 is 16.9. The van der Waals surface area contributed by atoms with Gasteiger partial charge in [-0.25, -0.2) is 0 Å². The highest BCUT2D eigenvalue weighted by molar-refractivity contribution is 5.65. The highest BCUT2D eigenvalue weighted by atomic mass is 16.5. The average molecular weight is 276 g/mol. The molecule has 3 nitrogen and oxygen atoms in total. The first-order chi connectivity index (χ1) is 9.60. The number of fused-ring (bicyclic) bond motifs is 1. The van der Waals surface area contributed by atoms with Crippen molar-refractivity contribution in [2.24, 2.45) is 0 Å². The molecule has 1 aliphatic carbocycles. The third-order valence-corrected chi connectivity index (χ3v) is 4.34. The molecule has 0 spiro atoms. The first-order valence-electron chi connectivity index (χ1n) is 7.05. The minimum absolute atomic E-state index is 0.314. The molecule has 0 bridgehead atoms. The van der Waals surface area contributed by atoms with Crippen molar-refractivity contribution in [3.05, 3.63) is 29.3 Å². The molecule has 0 unspecified atom stereocenters. The van der Waals surface area contributed by atoms with Crippen molar-refractivity contribution in [2.75, 3.05) is 21.3 Å². The van der Waals surface area contributed by atoms with Crippen molar-refractivity contribution in [3.8, 4) is 17.2 Å². The molecule has 2 rings (SSSR count). The summed E-state index contributed by atoms with van der Waals surface area (Å²) >= 11 is 0. The predicted molar refractivity (Wildman–Crippen MR) is 81.4 cm³/mol. The third kappa shape index (κ3) is 2.05. The summed E-state index contributed by atoms with van der Waals surface area (Å²) in [6.07, 6.45) is 4.23. The number of benzene rings is 1. The Morgan fingerprint density at radius 2 is 1.55 bits per heavy atom. The maximum Gasteiger partial charge on any atom is 0.167 e. The minimum atomic E-state index is 0.314. The fourth-order valence-electron chi connectivity index (χ4n) is 3.37. The zero-order valence-electron chi connectivity index (χ0n) is 13.1. The lowest BCUT2D eigenvalue weighted by molar-refractivity contribution is 0.332. The average Bonchev–Trinajstić information content (AvgIpc) is 2.46. The second-order valence-electron chi connectivity index (χ2n) is 5.37. The van der Waals surface area contributed by atoms with Crippen LogP contribution >= 0.6 is 0 Å². The lowest BCUT2D eigenvalue weighted by atomic mass is 9.75. The van der Waals surface area contributed by atoms with Gasteiger partial charge >= 0.3 is 0 Å². The summed E-state index contributed by atoms with van der Waals surface area (Å²) in [4.78, 5) is 0. The normalized spacial score (nSPS) is 21.1. The number of allylic oxidation sites excluding steroid dienone is 1. The zero-order chi connectivity index (χ0) is 14.9. The van der Waals surface area contributed by atoms with Crippen LogP contribution in [0.1, 0.15) is 48.3 Å². The van der Waals surface area contributed by atoms with E-state index in [1.165, 1.54) is 11.1 Å². The minimum Gasteiger partial charge on any atom is -0.496 e. The van der Waals surface area contributed by atoms with Gasteiger partial charge in [0.25, 0.3) is 0 Å². The molecule has 0 amide bonds. The maximum atomic E-state index is 5.68. The molecule has 0 heterocycles. The number of ether oxygens (including phenoxy) is 3. The van der Waals surface area contributed by atoms with Crippen LogP contribution in [0.25, 0.3) is 0 Å². The van der Waals surface area contributed by atoms with Gasteiger partial charge in [0.1, 0.15) is 5.75 Å². The van der Waals surface area contributed by atoms with Gasteiger partial charge in [-0.15, -0.1) is 6.58 Å². The van der Waals surface area contributed by atoms with Gasteiger partial charge in [-0.3, -0.25) is 0 Å². The van der Waals surface area contributed by atoms with Crippen LogP contribution in [0.4, 0.5) is 0 Å². The molecular formula is C17H24O3. The van der Waals surface area contributed by atoms with Crippen LogP contribution in [0, 0.1) is 6.92 Å². The second kappa shape index (κ2) is 5.78. The highest BCUT2D eigenvalue weighted by Gasteiger charge is 2.33. The van der Waals surface area contributed by atoms with E-state index < -0.39 is 0 Å².